The fourth-order valence-electron chi connectivity index (χ4n) is 0.626. The lowest BCUT2D eigenvalue weighted by Gasteiger charge is -2.26. The van der Waals surface area contributed by atoms with E-state index in [1.165, 1.54) is 0 Å². The van der Waals surface area contributed by atoms with Crippen molar-refractivity contribution in [1.29, 1.82) is 0 Å². The van der Waals surface area contributed by atoms with Crippen LogP contribution in [-0.2, 0) is 0 Å². The van der Waals surface area contributed by atoms with Gasteiger partial charge in [0.15, 0.2) is 14.7 Å². The van der Waals surface area contributed by atoms with Crippen LogP contribution in [0.2, 0.25) is 0 Å². The lowest BCUT2D eigenvalue weighted by molar-refractivity contribution is 0.594. The van der Waals surface area contributed by atoms with E-state index in [2.05, 4.69) is 9.98 Å². The molecule has 0 unspecified atom stereocenters. The molecule has 0 aromatic carbocycles. The van der Waals surface area contributed by atoms with Gasteiger partial charge in [0.2, 0.25) is 0 Å². The molecule has 1 rings (SSSR count). The third-order valence-electron chi connectivity index (χ3n) is 1.30. The molecule has 13 heavy (non-hydrogen) atoms. The molecule has 0 radical (unpaired) electrons. The molecule has 0 atom stereocenters. The molecule has 0 amide bonds. The van der Waals surface area contributed by atoms with Crippen LogP contribution < -0.4 is 0 Å². The summed E-state index contributed by atoms with van der Waals surface area (Å²) in [5.41, 5.74) is 0. The van der Waals surface area contributed by atoms with Crippen LogP contribution in [0.15, 0.2) is 9.98 Å². The minimum absolute atomic E-state index is 0.0348. The number of halogens is 6. The van der Waals surface area contributed by atoms with Crippen LogP contribution in [0, 0.1) is 0 Å². The SMILES string of the molecule is ClCC(Cl)(Cl)C1(Cl)N=C(Cl)C(Cl)=N1. The van der Waals surface area contributed by atoms with E-state index in [0.717, 1.165) is 0 Å². The number of hydrogen-bond acceptors (Lipinski definition) is 2. The molecule has 0 aromatic heterocycles. The van der Waals surface area contributed by atoms with Crippen molar-refractivity contribution in [2.24, 2.45) is 9.98 Å². The van der Waals surface area contributed by atoms with Crippen molar-refractivity contribution in [3.05, 3.63) is 0 Å². The van der Waals surface area contributed by atoms with Crippen LogP contribution in [0.1, 0.15) is 0 Å². The third kappa shape index (κ3) is 2.19. The summed E-state index contributed by atoms with van der Waals surface area (Å²) in [6.07, 6.45) is 0. The molecular formula is C5H2Cl6N2. The molecule has 0 spiro atoms. The van der Waals surface area contributed by atoms with Gasteiger partial charge >= 0.3 is 0 Å². The summed E-state index contributed by atoms with van der Waals surface area (Å²) in [5, 5.41) is -1.70. The van der Waals surface area contributed by atoms with Crippen LogP contribution >= 0.6 is 69.6 Å². The van der Waals surface area contributed by atoms with E-state index in [1.54, 1.807) is 0 Å². The number of hydrogen-bond donors (Lipinski definition) is 0. The summed E-state index contributed by atoms with van der Waals surface area (Å²) in [6, 6.07) is 0. The van der Waals surface area contributed by atoms with Crippen LogP contribution in [0.4, 0.5) is 0 Å². The van der Waals surface area contributed by atoms with Gasteiger partial charge in [0.05, 0.1) is 5.88 Å². The average molecular weight is 303 g/mol. The molecule has 74 valence electrons. The molecule has 0 fully saturated rings. The lowest BCUT2D eigenvalue weighted by atomic mass is 10.4. The molecule has 0 aromatic rings. The van der Waals surface area contributed by atoms with Gasteiger partial charge in [-0.1, -0.05) is 58.0 Å². The normalized spacial score (nSPS) is 21.4. The van der Waals surface area contributed by atoms with Gasteiger partial charge in [-0.2, -0.15) is 0 Å². The molecule has 8 heteroatoms. The Labute approximate surface area is 105 Å². The Morgan fingerprint density at radius 1 is 1.15 bits per heavy atom. The first-order valence-corrected chi connectivity index (χ1v) is 5.38. The maximum Gasteiger partial charge on any atom is 0.263 e. The molecule has 1 aliphatic heterocycles. The number of nitrogens with zero attached hydrogens (tertiary/aromatic N) is 2. The monoisotopic (exact) mass is 300 g/mol. The summed E-state index contributed by atoms with van der Waals surface area (Å²) >= 11 is 34.0. The minimum atomic E-state index is -1.63. The smallest absolute Gasteiger partial charge is 0.222 e. The van der Waals surface area contributed by atoms with E-state index in [1.807, 2.05) is 0 Å². The Kier molecular flexibility index (Phi) is 3.66. The van der Waals surface area contributed by atoms with Crippen molar-refractivity contribution < 1.29 is 0 Å². The van der Waals surface area contributed by atoms with E-state index >= 15 is 0 Å². The van der Waals surface area contributed by atoms with Gasteiger partial charge in [0.1, 0.15) is 0 Å². The highest BCUT2D eigenvalue weighted by molar-refractivity contribution is 7.01. The predicted octanol–water partition coefficient (Wildman–Crippen LogP) is 3.58. The maximum atomic E-state index is 5.86. The number of rotatable bonds is 2. The van der Waals surface area contributed by atoms with Gasteiger partial charge in [-0.05, 0) is 0 Å². The van der Waals surface area contributed by atoms with E-state index in [0.29, 0.717) is 0 Å². The van der Waals surface area contributed by atoms with E-state index in [-0.39, 0.29) is 16.2 Å². The molecule has 0 saturated carbocycles. The Morgan fingerprint density at radius 3 is 1.85 bits per heavy atom. The second kappa shape index (κ2) is 3.92. The van der Waals surface area contributed by atoms with Gasteiger partial charge in [-0.3, -0.25) is 0 Å². The fraction of sp³-hybridized carbons (Fsp3) is 0.600. The Balaban J connectivity index is 3.07. The van der Waals surface area contributed by atoms with Crippen LogP contribution in [-0.4, -0.2) is 25.7 Å². The van der Waals surface area contributed by atoms with E-state index in [9.17, 15) is 0 Å². The van der Waals surface area contributed by atoms with Crippen molar-refractivity contribution in [1.82, 2.24) is 0 Å². The molecule has 2 nitrogen and oxygen atoms in total. The average Bonchev–Trinajstić information content (AvgIpc) is 2.28. The topological polar surface area (TPSA) is 24.7 Å². The second-order valence-electron chi connectivity index (χ2n) is 2.23. The highest BCUT2D eigenvalue weighted by atomic mass is 35.5. The first-order valence-electron chi connectivity index (χ1n) is 2.96. The number of aliphatic imine (C=N–C) groups is 2. The molecule has 1 aliphatic rings. The minimum Gasteiger partial charge on any atom is -0.222 e. The first kappa shape index (κ1) is 12.2. The zero-order valence-electron chi connectivity index (χ0n) is 5.87. The lowest BCUT2D eigenvalue weighted by Crippen LogP contribution is -2.38. The Hall–Kier alpha value is 1.08. The Morgan fingerprint density at radius 2 is 1.54 bits per heavy atom. The number of alkyl halides is 4. The summed E-state index contributed by atoms with van der Waals surface area (Å²) in [4.78, 5) is 7.41. The molecule has 0 saturated heterocycles. The molecule has 0 N–H and O–H groups in total. The molecule has 1 heterocycles. The van der Waals surface area contributed by atoms with Crippen molar-refractivity contribution in [2.45, 2.75) is 9.46 Å². The zero-order chi connectivity index (χ0) is 10.3. The highest BCUT2D eigenvalue weighted by Crippen LogP contribution is 2.45. The summed E-state index contributed by atoms with van der Waals surface area (Å²) in [6.45, 7) is 0. The van der Waals surface area contributed by atoms with Crippen LogP contribution in [0.5, 0.6) is 0 Å². The third-order valence-corrected chi connectivity index (χ3v) is 4.07. The summed E-state index contributed by atoms with van der Waals surface area (Å²) < 4.78 is -1.55. The van der Waals surface area contributed by atoms with E-state index in [4.69, 9.17) is 69.6 Å². The molecular weight excluding hydrogens is 301 g/mol. The van der Waals surface area contributed by atoms with Crippen molar-refractivity contribution >= 4 is 79.9 Å². The molecule has 0 bridgehead atoms. The Bertz CT molecular complexity index is 265. The van der Waals surface area contributed by atoms with Crippen molar-refractivity contribution in [3.8, 4) is 0 Å². The van der Waals surface area contributed by atoms with Gasteiger partial charge in [0.25, 0.3) is 5.12 Å². The van der Waals surface area contributed by atoms with Crippen LogP contribution in [0.25, 0.3) is 0 Å². The largest absolute Gasteiger partial charge is 0.263 e. The summed E-state index contributed by atoms with van der Waals surface area (Å²) in [7, 11) is 0. The first-order chi connectivity index (χ1) is 5.82. The van der Waals surface area contributed by atoms with Crippen molar-refractivity contribution in [3.63, 3.8) is 0 Å². The van der Waals surface area contributed by atoms with Crippen LogP contribution in [0.3, 0.4) is 0 Å². The maximum absolute atomic E-state index is 5.86. The van der Waals surface area contributed by atoms with Gasteiger partial charge in [-0.25, -0.2) is 9.98 Å². The van der Waals surface area contributed by atoms with Gasteiger partial charge in [-0.15, -0.1) is 11.6 Å². The van der Waals surface area contributed by atoms with Gasteiger partial charge < -0.3 is 0 Å². The second-order valence-corrected chi connectivity index (χ2v) is 5.22. The standard InChI is InChI=1S/C5H2Cl6N2/c6-1-4(9,10)5(11)12-2(7)3(8)13-5/h1H2. The van der Waals surface area contributed by atoms with Gasteiger partial charge in [0, 0.05) is 0 Å². The van der Waals surface area contributed by atoms with Crippen molar-refractivity contribution in [2.75, 3.05) is 5.88 Å². The zero-order valence-corrected chi connectivity index (χ0v) is 10.4. The quantitative estimate of drug-likeness (QED) is 0.550. The highest BCUT2D eigenvalue weighted by Gasteiger charge is 2.51. The fourth-order valence-corrected chi connectivity index (χ4v) is 1.70. The van der Waals surface area contributed by atoms with E-state index < -0.39 is 9.46 Å². The summed E-state index contributed by atoms with van der Waals surface area (Å²) in [5.74, 6) is -0.152. The predicted molar refractivity (Wildman–Crippen MR) is 60.3 cm³/mol. The molecule has 0 aliphatic carbocycles.